The summed E-state index contributed by atoms with van der Waals surface area (Å²) in [5.74, 6) is 1.32. The first-order valence-corrected chi connectivity index (χ1v) is 9.96. The Morgan fingerprint density at radius 2 is 1.76 bits per heavy atom. The number of para-hydroxylation sites is 3. The molecule has 5 aromatic rings. The van der Waals surface area contributed by atoms with Gasteiger partial charge in [-0.2, -0.15) is 0 Å². The summed E-state index contributed by atoms with van der Waals surface area (Å²) in [5, 5.41) is 11.8. The molecule has 0 unspecified atom stereocenters. The summed E-state index contributed by atoms with van der Waals surface area (Å²) in [7, 11) is 0. The van der Waals surface area contributed by atoms with Gasteiger partial charge in [-0.3, -0.25) is 14.7 Å². The molecule has 0 fully saturated rings. The highest BCUT2D eigenvalue weighted by Gasteiger charge is 2.14. The number of H-pyrrole nitrogens is 1. The van der Waals surface area contributed by atoms with Gasteiger partial charge in [0, 0.05) is 17.8 Å². The summed E-state index contributed by atoms with van der Waals surface area (Å²) >= 11 is 1.57. The van der Waals surface area contributed by atoms with Gasteiger partial charge in [0.05, 0.1) is 32.7 Å². The third kappa shape index (κ3) is 3.23. The van der Waals surface area contributed by atoms with E-state index in [4.69, 9.17) is 4.98 Å². The van der Waals surface area contributed by atoms with Crippen LogP contribution in [0.4, 0.5) is 5.69 Å². The quantitative estimate of drug-likeness (QED) is 0.251. The molecule has 1 N–H and O–H groups in total. The molecule has 0 spiro atoms. The monoisotopic (exact) mass is 401 g/mol. The fraction of sp³-hybridized carbons (Fsp3) is 0.0476. The maximum atomic E-state index is 11.0. The normalized spacial score (nSPS) is 11.3. The van der Waals surface area contributed by atoms with Crippen molar-refractivity contribution in [1.29, 1.82) is 0 Å². The van der Waals surface area contributed by atoms with Gasteiger partial charge >= 0.3 is 0 Å². The van der Waals surface area contributed by atoms with Crippen molar-refractivity contribution < 1.29 is 4.92 Å². The van der Waals surface area contributed by atoms with Crippen LogP contribution >= 0.6 is 11.8 Å². The van der Waals surface area contributed by atoms with Crippen LogP contribution in [-0.2, 0) is 5.75 Å². The minimum absolute atomic E-state index is 0.0474. The highest BCUT2D eigenvalue weighted by atomic mass is 32.2. The van der Waals surface area contributed by atoms with Crippen LogP contribution in [0.25, 0.3) is 27.8 Å². The standard InChI is InChI=1S/C21H15N5O2S/c27-26(28)15-10-11-16-18(12-15)23-20(22-16)13-29-21-24-17-8-4-5-9-19(17)25(21)14-6-2-1-3-7-14/h1-12H,13H2,(H,22,23). The number of imidazole rings is 2. The van der Waals surface area contributed by atoms with Gasteiger partial charge < -0.3 is 4.98 Å². The van der Waals surface area contributed by atoms with E-state index in [1.807, 2.05) is 36.4 Å². The predicted octanol–water partition coefficient (Wildman–Crippen LogP) is 5.10. The Morgan fingerprint density at radius 3 is 2.59 bits per heavy atom. The van der Waals surface area contributed by atoms with Gasteiger partial charge in [0.15, 0.2) is 5.16 Å². The predicted molar refractivity (Wildman–Crippen MR) is 113 cm³/mol. The number of benzene rings is 3. The second-order valence-corrected chi connectivity index (χ2v) is 7.43. The molecule has 0 atom stereocenters. The third-order valence-corrected chi connectivity index (χ3v) is 5.56. The van der Waals surface area contributed by atoms with Crippen LogP contribution in [-0.4, -0.2) is 24.4 Å². The van der Waals surface area contributed by atoms with Crippen molar-refractivity contribution in [2.75, 3.05) is 0 Å². The molecule has 0 radical (unpaired) electrons. The Bertz CT molecular complexity index is 1340. The molecular weight excluding hydrogens is 386 g/mol. The molecule has 3 aromatic carbocycles. The first-order valence-electron chi connectivity index (χ1n) is 8.98. The molecule has 5 rings (SSSR count). The summed E-state index contributed by atoms with van der Waals surface area (Å²) in [4.78, 5) is 23.1. The van der Waals surface area contributed by atoms with Crippen LogP contribution < -0.4 is 0 Å². The van der Waals surface area contributed by atoms with Gasteiger partial charge in [0.25, 0.3) is 5.69 Å². The molecule has 0 saturated carbocycles. The van der Waals surface area contributed by atoms with Gasteiger partial charge in [0.2, 0.25) is 0 Å². The number of nitro benzene ring substituents is 1. The van der Waals surface area contributed by atoms with Crippen molar-refractivity contribution in [3.8, 4) is 5.69 Å². The Kier molecular flexibility index (Phi) is 4.25. The van der Waals surface area contributed by atoms with Crippen LogP contribution in [0.15, 0.2) is 78.0 Å². The number of aromatic nitrogens is 4. The van der Waals surface area contributed by atoms with Crippen molar-refractivity contribution in [3.05, 3.63) is 88.7 Å². The lowest BCUT2D eigenvalue weighted by Crippen LogP contribution is -1.96. The number of aromatic amines is 1. The van der Waals surface area contributed by atoms with E-state index < -0.39 is 4.92 Å². The number of non-ortho nitro benzene ring substituents is 1. The van der Waals surface area contributed by atoms with Crippen molar-refractivity contribution in [2.24, 2.45) is 0 Å². The Morgan fingerprint density at radius 1 is 0.966 bits per heavy atom. The Hall–Kier alpha value is -3.65. The topological polar surface area (TPSA) is 89.6 Å². The summed E-state index contributed by atoms with van der Waals surface area (Å²) in [6.45, 7) is 0. The van der Waals surface area contributed by atoms with Crippen molar-refractivity contribution >= 4 is 39.5 Å². The van der Waals surface area contributed by atoms with Gasteiger partial charge in [-0.25, -0.2) is 9.97 Å². The summed E-state index contributed by atoms with van der Waals surface area (Å²) < 4.78 is 2.13. The van der Waals surface area contributed by atoms with Gasteiger partial charge in [-0.05, 0) is 30.3 Å². The van der Waals surface area contributed by atoms with E-state index >= 15 is 0 Å². The first kappa shape index (κ1) is 17.4. The zero-order chi connectivity index (χ0) is 19.8. The third-order valence-electron chi connectivity index (χ3n) is 4.61. The number of rotatable bonds is 5. The van der Waals surface area contributed by atoms with Gasteiger partial charge in [0.1, 0.15) is 5.82 Å². The number of hydrogen-bond acceptors (Lipinski definition) is 5. The molecular formula is C21H15N5O2S. The number of nitrogens with one attached hydrogen (secondary N) is 1. The van der Waals surface area contributed by atoms with Crippen molar-refractivity contribution in [2.45, 2.75) is 10.9 Å². The van der Waals surface area contributed by atoms with Crippen LogP contribution in [0.3, 0.4) is 0 Å². The minimum atomic E-state index is -0.406. The van der Waals surface area contributed by atoms with Gasteiger partial charge in [-0.15, -0.1) is 0 Å². The van der Waals surface area contributed by atoms with E-state index in [0.717, 1.165) is 27.7 Å². The number of hydrogen-bond donors (Lipinski definition) is 1. The van der Waals surface area contributed by atoms with E-state index in [9.17, 15) is 10.1 Å². The lowest BCUT2D eigenvalue weighted by molar-refractivity contribution is -0.384. The molecule has 7 nitrogen and oxygen atoms in total. The maximum Gasteiger partial charge on any atom is 0.271 e. The van der Waals surface area contributed by atoms with E-state index in [1.54, 1.807) is 17.8 Å². The fourth-order valence-corrected chi connectivity index (χ4v) is 4.19. The molecule has 0 bridgehead atoms. The largest absolute Gasteiger partial charge is 0.341 e. The van der Waals surface area contributed by atoms with Crippen LogP contribution in [0, 0.1) is 10.1 Å². The zero-order valence-corrected chi connectivity index (χ0v) is 16.0. The van der Waals surface area contributed by atoms with Crippen LogP contribution in [0.2, 0.25) is 0 Å². The lowest BCUT2D eigenvalue weighted by atomic mass is 10.3. The van der Waals surface area contributed by atoms with E-state index in [0.29, 0.717) is 16.8 Å². The number of nitrogens with zero attached hydrogens (tertiary/aromatic N) is 4. The second-order valence-electron chi connectivity index (χ2n) is 6.48. The summed E-state index contributed by atoms with van der Waals surface area (Å²) in [6.07, 6.45) is 0. The van der Waals surface area contributed by atoms with E-state index in [-0.39, 0.29) is 5.69 Å². The van der Waals surface area contributed by atoms with Crippen molar-refractivity contribution in [3.63, 3.8) is 0 Å². The van der Waals surface area contributed by atoms with Crippen molar-refractivity contribution in [1.82, 2.24) is 19.5 Å². The SMILES string of the molecule is O=[N+]([O-])c1ccc2nc(CSc3nc4ccccc4n3-c3ccccc3)[nH]c2c1. The summed E-state index contributed by atoms with van der Waals surface area (Å²) in [6, 6.07) is 22.8. The molecule has 29 heavy (non-hydrogen) atoms. The average Bonchev–Trinajstić information content (AvgIpc) is 3.32. The van der Waals surface area contributed by atoms with E-state index in [2.05, 4.69) is 32.7 Å². The minimum Gasteiger partial charge on any atom is -0.341 e. The smallest absolute Gasteiger partial charge is 0.271 e. The molecule has 0 saturated heterocycles. The molecule has 0 amide bonds. The zero-order valence-electron chi connectivity index (χ0n) is 15.1. The first-order chi connectivity index (χ1) is 14.2. The lowest BCUT2D eigenvalue weighted by Gasteiger charge is -2.08. The molecule has 0 aliphatic carbocycles. The second kappa shape index (κ2) is 7.06. The average molecular weight is 401 g/mol. The Labute approximate surface area is 169 Å². The molecule has 2 aromatic heterocycles. The molecule has 0 aliphatic rings. The summed E-state index contributed by atoms with van der Waals surface area (Å²) in [5.41, 5.74) is 4.43. The molecule has 142 valence electrons. The molecule has 2 heterocycles. The molecule has 0 aliphatic heterocycles. The highest BCUT2D eigenvalue weighted by molar-refractivity contribution is 7.98. The van der Waals surface area contributed by atoms with Crippen LogP contribution in [0.5, 0.6) is 0 Å². The van der Waals surface area contributed by atoms with Crippen LogP contribution in [0.1, 0.15) is 5.82 Å². The Balaban J connectivity index is 1.49. The fourth-order valence-electron chi connectivity index (χ4n) is 3.29. The maximum absolute atomic E-state index is 11.0. The molecule has 8 heteroatoms. The highest BCUT2D eigenvalue weighted by Crippen LogP contribution is 2.30. The van der Waals surface area contributed by atoms with Gasteiger partial charge in [-0.1, -0.05) is 42.1 Å². The number of fused-ring (bicyclic) bond motifs is 2. The van der Waals surface area contributed by atoms with E-state index in [1.165, 1.54) is 12.1 Å². The number of thioether (sulfide) groups is 1. The number of nitro groups is 1.